The minimum absolute atomic E-state index is 0.161. The van der Waals surface area contributed by atoms with E-state index in [0.29, 0.717) is 12.2 Å². The monoisotopic (exact) mass is 182 g/mol. The van der Waals surface area contributed by atoms with Gasteiger partial charge in [0.05, 0.1) is 6.07 Å². The Morgan fingerprint density at radius 2 is 2.31 bits per heavy atom. The minimum Gasteiger partial charge on any atom is -0.406 e. The molecule has 0 bridgehead atoms. The lowest BCUT2D eigenvalue weighted by Gasteiger charge is -2.03. The minimum atomic E-state index is -0.542. The molecule has 5 heteroatoms. The van der Waals surface area contributed by atoms with E-state index in [2.05, 4.69) is 0 Å². The quantitative estimate of drug-likeness (QED) is 0.562. The summed E-state index contributed by atoms with van der Waals surface area (Å²) in [5.41, 5.74) is 5.67. The number of furan rings is 1. The van der Waals surface area contributed by atoms with Crippen molar-refractivity contribution in [1.82, 2.24) is 0 Å². The number of nitrogens with two attached hydrogens (primary N) is 1. The van der Waals surface area contributed by atoms with Crippen LogP contribution in [0.1, 0.15) is 18.6 Å². The molecule has 0 aromatic carbocycles. The van der Waals surface area contributed by atoms with Gasteiger partial charge in [0.15, 0.2) is 0 Å². The van der Waals surface area contributed by atoms with Crippen molar-refractivity contribution in [3.63, 3.8) is 0 Å². The van der Waals surface area contributed by atoms with Gasteiger partial charge in [-0.15, -0.1) is 0 Å². The molecule has 0 unspecified atom stereocenters. The first-order valence-corrected chi connectivity index (χ1v) is 4.11. The Labute approximate surface area is 74.7 Å². The molecule has 1 saturated carbocycles. The highest BCUT2D eigenvalue weighted by atomic mass is 16.6. The predicted molar refractivity (Wildman–Crippen MR) is 45.2 cm³/mol. The maximum atomic E-state index is 10.3. The molecular weight excluding hydrogens is 172 g/mol. The van der Waals surface area contributed by atoms with Crippen molar-refractivity contribution >= 4 is 5.88 Å². The summed E-state index contributed by atoms with van der Waals surface area (Å²) >= 11 is 0. The average molecular weight is 182 g/mol. The Balaban J connectivity index is 2.09. The van der Waals surface area contributed by atoms with Crippen LogP contribution < -0.4 is 5.73 Å². The number of nitrogens with zero attached hydrogens (tertiary/aromatic N) is 1. The summed E-state index contributed by atoms with van der Waals surface area (Å²) in [5, 5.41) is 10.3. The van der Waals surface area contributed by atoms with Crippen LogP contribution in [0.5, 0.6) is 0 Å². The van der Waals surface area contributed by atoms with E-state index in [1.165, 1.54) is 6.07 Å². The second kappa shape index (κ2) is 2.56. The van der Waals surface area contributed by atoms with Gasteiger partial charge in [0.1, 0.15) is 10.7 Å². The maximum absolute atomic E-state index is 10.3. The number of rotatable bonds is 3. The zero-order valence-corrected chi connectivity index (χ0v) is 7.03. The van der Waals surface area contributed by atoms with Crippen LogP contribution in [-0.2, 0) is 6.42 Å². The molecule has 0 saturated heterocycles. The SMILES string of the molecule is NC1(Cc2ccc([N+](=O)[O-])o2)CC1. The highest BCUT2D eigenvalue weighted by Crippen LogP contribution is 2.36. The Morgan fingerprint density at radius 3 is 2.77 bits per heavy atom. The van der Waals surface area contributed by atoms with Crippen molar-refractivity contribution in [3.8, 4) is 0 Å². The van der Waals surface area contributed by atoms with Gasteiger partial charge in [0, 0.05) is 12.0 Å². The van der Waals surface area contributed by atoms with Crippen molar-refractivity contribution in [2.45, 2.75) is 24.8 Å². The molecule has 1 fully saturated rings. The molecule has 0 radical (unpaired) electrons. The van der Waals surface area contributed by atoms with Crippen molar-refractivity contribution in [1.29, 1.82) is 0 Å². The molecule has 1 heterocycles. The molecule has 70 valence electrons. The fourth-order valence-electron chi connectivity index (χ4n) is 1.24. The Hall–Kier alpha value is -1.36. The van der Waals surface area contributed by atoms with Crippen molar-refractivity contribution < 1.29 is 9.34 Å². The smallest absolute Gasteiger partial charge is 0.406 e. The van der Waals surface area contributed by atoms with Crippen LogP contribution in [0.4, 0.5) is 5.88 Å². The lowest BCUT2D eigenvalue weighted by atomic mass is 10.1. The van der Waals surface area contributed by atoms with E-state index in [9.17, 15) is 10.1 Å². The van der Waals surface area contributed by atoms with Gasteiger partial charge in [-0.1, -0.05) is 0 Å². The van der Waals surface area contributed by atoms with Crippen LogP contribution in [0.25, 0.3) is 0 Å². The molecule has 1 aliphatic carbocycles. The summed E-state index contributed by atoms with van der Waals surface area (Å²) in [7, 11) is 0. The van der Waals surface area contributed by atoms with Crippen LogP contribution in [0.15, 0.2) is 16.5 Å². The molecule has 2 rings (SSSR count). The summed E-state index contributed by atoms with van der Waals surface area (Å²) in [6.45, 7) is 0. The number of hydrogen-bond donors (Lipinski definition) is 1. The van der Waals surface area contributed by atoms with Crippen LogP contribution in [0.3, 0.4) is 0 Å². The fourth-order valence-corrected chi connectivity index (χ4v) is 1.24. The Morgan fingerprint density at radius 1 is 1.62 bits per heavy atom. The van der Waals surface area contributed by atoms with Gasteiger partial charge in [-0.05, 0) is 18.9 Å². The van der Waals surface area contributed by atoms with Crippen molar-refractivity contribution in [2.24, 2.45) is 5.73 Å². The molecule has 13 heavy (non-hydrogen) atoms. The predicted octanol–water partition coefficient (Wildman–Crippen LogP) is 1.22. The molecule has 1 aliphatic rings. The van der Waals surface area contributed by atoms with Gasteiger partial charge in [-0.3, -0.25) is 10.1 Å². The molecule has 0 atom stereocenters. The third-order valence-electron chi connectivity index (χ3n) is 2.25. The fraction of sp³-hybridized carbons (Fsp3) is 0.500. The zero-order valence-electron chi connectivity index (χ0n) is 7.03. The lowest BCUT2D eigenvalue weighted by Crippen LogP contribution is -2.24. The first-order valence-electron chi connectivity index (χ1n) is 4.11. The second-order valence-corrected chi connectivity index (χ2v) is 3.54. The zero-order chi connectivity index (χ0) is 9.47. The van der Waals surface area contributed by atoms with Crippen LogP contribution >= 0.6 is 0 Å². The van der Waals surface area contributed by atoms with E-state index in [1.807, 2.05) is 0 Å². The number of nitro groups is 1. The molecule has 5 nitrogen and oxygen atoms in total. The summed E-state index contributed by atoms with van der Waals surface area (Å²) in [6, 6.07) is 2.98. The van der Waals surface area contributed by atoms with Crippen molar-refractivity contribution in [3.05, 3.63) is 28.0 Å². The maximum Gasteiger partial charge on any atom is 0.433 e. The molecule has 0 spiro atoms. The van der Waals surface area contributed by atoms with E-state index < -0.39 is 4.92 Å². The molecule has 0 amide bonds. The first kappa shape index (κ1) is 8.25. The molecule has 1 aromatic heterocycles. The van der Waals surface area contributed by atoms with E-state index in [1.54, 1.807) is 6.07 Å². The van der Waals surface area contributed by atoms with E-state index in [4.69, 9.17) is 10.2 Å². The Kier molecular flexibility index (Phi) is 1.63. The van der Waals surface area contributed by atoms with E-state index in [-0.39, 0.29) is 11.4 Å². The van der Waals surface area contributed by atoms with Gasteiger partial charge in [0.25, 0.3) is 0 Å². The average Bonchev–Trinajstić information content (AvgIpc) is 2.62. The molecule has 1 aromatic rings. The topological polar surface area (TPSA) is 82.3 Å². The largest absolute Gasteiger partial charge is 0.433 e. The van der Waals surface area contributed by atoms with Crippen LogP contribution in [0, 0.1) is 10.1 Å². The van der Waals surface area contributed by atoms with Gasteiger partial charge >= 0.3 is 5.88 Å². The van der Waals surface area contributed by atoms with Crippen molar-refractivity contribution in [2.75, 3.05) is 0 Å². The van der Waals surface area contributed by atoms with Crippen LogP contribution in [-0.4, -0.2) is 10.5 Å². The highest BCUT2D eigenvalue weighted by molar-refractivity contribution is 5.20. The summed E-state index contributed by atoms with van der Waals surface area (Å²) in [4.78, 5) is 9.73. The van der Waals surface area contributed by atoms with Gasteiger partial charge in [-0.25, -0.2) is 0 Å². The summed E-state index contributed by atoms with van der Waals surface area (Å²) < 4.78 is 4.98. The van der Waals surface area contributed by atoms with Gasteiger partial charge in [-0.2, -0.15) is 0 Å². The molecule has 2 N–H and O–H groups in total. The molecular formula is C8H10N2O3. The third kappa shape index (κ3) is 1.70. The molecule has 0 aliphatic heterocycles. The number of hydrogen-bond acceptors (Lipinski definition) is 4. The Bertz CT molecular complexity index is 341. The standard InChI is InChI=1S/C8H10N2O3/c9-8(3-4-8)5-6-1-2-7(13-6)10(11)12/h1-2H,3-5,9H2. The normalized spacial score (nSPS) is 18.5. The third-order valence-corrected chi connectivity index (χ3v) is 2.25. The van der Waals surface area contributed by atoms with E-state index >= 15 is 0 Å². The van der Waals surface area contributed by atoms with E-state index in [0.717, 1.165) is 12.8 Å². The van der Waals surface area contributed by atoms with Gasteiger partial charge < -0.3 is 10.2 Å². The highest BCUT2D eigenvalue weighted by Gasteiger charge is 2.39. The summed E-state index contributed by atoms with van der Waals surface area (Å²) in [6.07, 6.45) is 2.55. The second-order valence-electron chi connectivity index (χ2n) is 3.54. The summed E-state index contributed by atoms with van der Waals surface area (Å²) in [5.74, 6) is 0.394. The first-order chi connectivity index (χ1) is 6.09. The lowest BCUT2D eigenvalue weighted by molar-refractivity contribution is -0.402. The van der Waals surface area contributed by atoms with Crippen LogP contribution in [0.2, 0.25) is 0 Å². The van der Waals surface area contributed by atoms with Gasteiger partial charge in [0.2, 0.25) is 0 Å².